The van der Waals surface area contributed by atoms with Gasteiger partial charge in [-0.3, -0.25) is 9.52 Å². The molecule has 0 radical (unpaired) electrons. The summed E-state index contributed by atoms with van der Waals surface area (Å²) < 4.78 is 25.3. The molecule has 0 fully saturated rings. The van der Waals surface area contributed by atoms with E-state index in [1.54, 1.807) is 19.1 Å². The first-order valence-electron chi connectivity index (χ1n) is 8.79. The fourth-order valence-corrected chi connectivity index (χ4v) is 3.24. The molecule has 2 aromatic carbocycles. The number of carbonyl (C=O) groups is 1. The molecule has 8 heteroatoms. The zero-order chi connectivity index (χ0) is 20.2. The molecule has 2 aromatic rings. The Morgan fingerprint density at radius 3 is 2.18 bits per heavy atom. The molecule has 0 saturated heterocycles. The van der Waals surface area contributed by atoms with Crippen LogP contribution in [-0.2, 0) is 10.0 Å². The van der Waals surface area contributed by atoms with Gasteiger partial charge in [0.25, 0.3) is 5.91 Å². The van der Waals surface area contributed by atoms with Gasteiger partial charge in [-0.05, 0) is 41.7 Å². The van der Waals surface area contributed by atoms with E-state index >= 15 is 0 Å². The maximum absolute atomic E-state index is 12.4. The molecular formula is C20H28ClN3O3S. The standard InChI is InChI=1S/C20H27N3O3S.ClH/c1-13(2)15-7-9-16(10-8-15)18(21)12-22-20(24)17-6-5-14(3)19(11-17)23-27(4,25)26;/h5-11,13,18,23H,12,21H2,1-4H3,(H,22,24);1H. The molecule has 0 spiro atoms. The van der Waals surface area contributed by atoms with Crippen LogP contribution in [0.4, 0.5) is 5.69 Å². The van der Waals surface area contributed by atoms with Crippen LogP contribution >= 0.6 is 12.4 Å². The molecule has 1 amide bonds. The maximum atomic E-state index is 12.4. The first-order valence-corrected chi connectivity index (χ1v) is 10.7. The Bertz CT molecular complexity index is 913. The first-order chi connectivity index (χ1) is 12.6. The van der Waals surface area contributed by atoms with Crippen molar-refractivity contribution in [2.75, 3.05) is 17.5 Å². The summed E-state index contributed by atoms with van der Waals surface area (Å²) >= 11 is 0. The number of amides is 1. The molecule has 0 heterocycles. The number of nitrogens with one attached hydrogen (secondary N) is 2. The topological polar surface area (TPSA) is 101 Å². The largest absolute Gasteiger partial charge is 0.350 e. The Morgan fingerprint density at radius 1 is 1.07 bits per heavy atom. The third-order valence-corrected chi connectivity index (χ3v) is 4.90. The summed E-state index contributed by atoms with van der Waals surface area (Å²) in [6.45, 7) is 6.31. The number of hydrogen-bond donors (Lipinski definition) is 3. The second kappa shape index (κ2) is 9.91. The van der Waals surface area contributed by atoms with Crippen molar-refractivity contribution in [2.24, 2.45) is 5.73 Å². The van der Waals surface area contributed by atoms with Crippen LogP contribution in [0, 0.1) is 6.92 Å². The van der Waals surface area contributed by atoms with E-state index in [2.05, 4.69) is 23.9 Å². The summed E-state index contributed by atoms with van der Waals surface area (Å²) in [6, 6.07) is 12.6. The lowest BCUT2D eigenvalue weighted by Gasteiger charge is -2.15. The van der Waals surface area contributed by atoms with Gasteiger partial charge < -0.3 is 11.1 Å². The van der Waals surface area contributed by atoms with Gasteiger partial charge in [-0.25, -0.2) is 8.42 Å². The predicted molar refractivity (Wildman–Crippen MR) is 117 cm³/mol. The summed E-state index contributed by atoms with van der Waals surface area (Å²) in [5.74, 6) is 0.145. The Balaban J connectivity index is 0.00000392. The van der Waals surface area contributed by atoms with Crippen molar-refractivity contribution in [1.82, 2.24) is 5.32 Å². The molecule has 154 valence electrons. The van der Waals surface area contributed by atoms with Crippen LogP contribution in [0.5, 0.6) is 0 Å². The smallest absolute Gasteiger partial charge is 0.251 e. The average molecular weight is 426 g/mol. The lowest BCUT2D eigenvalue weighted by Crippen LogP contribution is -2.32. The number of nitrogens with two attached hydrogens (primary N) is 1. The maximum Gasteiger partial charge on any atom is 0.251 e. The number of aryl methyl sites for hydroxylation is 1. The van der Waals surface area contributed by atoms with Gasteiger partial charge in [0.15, 0.2) is 0 Å². The van der Waals surface area contributed by atoms with E-state index in [1.807, 2.05) is 24.3 Å². The highest BCUT2D eigenvalue weighted by Gasteiger charge is 2.13. The molecule has 0 aliphatic carbocycles. The van der Waals surface area contributed by atoms with Crippen molar-refractivity contribution in [1.29, 1.82) is 0 Å². The van der Waals surface area contributed by atoms with Crippen LogP contribution in [0.15, 0.2) is 42.5 Å². The lowest BCUT2D eigenvalue weighted by atomic mass is 9.99. The number of halogens is 1. The third-order valence-electron chi connectivity index (χ3n) is 4.31. The van der Waals surface area contributed by atoms with Gasteiger partial charge in [0.05, 0.1) is 11.9 Å². The molecule has 0 aromatic heterocycles. The van der Waals surface area contributed by atoms with E-state index in [0.717, 1.165) is 17.4 Å². The van der Waals surface area contributed by atoms with E-state index in [9.17, 15) is 13.2 Å². The quantitative estimate of drug-likeness (QED) is 0.633. The Labute approximate surface area is 173 Å². The fraction of sp³-hybridized carbons (Fsp3) is 0.350. The first kappa shape index (κ1) is 23.9. The average Bonchev–Trinajstić information content (AvgIpc) is 2.60. The number of anilines is 1. The van der Waals surface area contributed by atoms with Gasteiger partial charge in [-0.1, -0.05) is 44.2 Å². The second-order valence-electron chi connectivity index (χ2n) is 7.04. The van der Waals surface area contributed by atoms with E-state index < -0.39 is 10.0 Å². The summed E-state index contributed by atoms with van der Waals surface area (Å²) in [7, 11) is -3.42. The van der Waals surface area contributed by atoms with Crippen LogP contribution in [-0.4, -0.2) is 27.1 Å². The molecule has 0 saturated carbocycles. The second-order valence-corrected chi connectivity index (χ2v) is 8.79. The Kier molecular flexibility index (Phi) is 8.48. The molecule has 4 N–H and O–H groups in total. The van der Waals surface area contributed by atoms with E-state index in [1.165, 1.54) is 11.6 Å². The normalized spacial score (nSPS) is 12.2. The molecule has 2 rings (SSSR count). The number of benzene rings is 2. The van der Waals surface area contributed by atoms with Crippen molar-refractivity contribution < 1.29 is 13.2 Å². The van der Waals surface area contributed by atoms with Crippen LogP contribution in [0.1, 0.15) is 52.9 Å². The molecule has 1 unspecified atom stereocenters. The summed E-state index contributed by atoms with van der Waals surface area (Å²) in [5, 5.41) is 2.80. The van der Waals surface area contributed by atoms with Gasteiger partial charge in [0.2, 0.25) is 10.0 Å². The Hall–Kier alpha value is -2.09. The van der Waals surface area contributed by atoms with Crippen LogP contribution < -0.4 is 15.8 Å². The highest BCUT2D eigenvalue weighted by molar-refractivity contribution is 7.92. The number of rotatable bonds is 7. The minimum absolute atomic E-state index is 0. The van der Waals surface area contributed by atoms with E-state index in [0.29, 0.717) is 17.2 Å². The predicted octanol–water partition coefficient (Wildman–Crippen LogP) is 3.34. The highest BCUT2D eigenvalue weighted by Crippen LogP contribution is 2.19. The van der Waals surface area contributed by atoms with Gasteiger partial charge in [0.1, 0.15) is 0 Å². The van der Waals surface area contributed by atoms with E-state index in [-0.39, 0.29) is 30.9 Å². The molecule has 0 bridgehead atoms. The van der Waals surface area contributed by atoms with Gasteiger partial charge in [-0.15, -0.1) is 12.4 Å². The molecule has 6 nitrogen and oxygen atoms in total. The number of hydrogen-bond acceptors (Lipinski definition) is 4. The Morgan fingerprint density at radius 2 is 1.64 bits per heavy atom. The van der Waals surface area contributed by atoms with Crippen molar-refractivity contribution in [3.63, 3.8) is 0 Å². The van der Waals surface area contributed by atoms with Crippen molar-refractivity contribution in [3.05, 3.63) is 64.7 Å². The third kappa shape index (κ3) is 6.82. The summed E-state index contributed by atoms with van der Waals surface area (Å²) in [4.78, 5) is 12.4. The minimum Gasteiger partial charge on any atom is -0.350 e. The molecule has 0 aliphatic rings. The number of carbonyl (C=O) groups excluding carboxylic acids is 1. The van der Waals surface area contributed by atoms with Crippen LogP contribution in [0.2, 0.25) is 0 Å². The molecule has 0 aliphatic heterocycles. The summed E-state index contributed by atoms with van der Waals surface area (Å²) in [6.07, 6.45) is 1.07. The van der Waals surface area contributed by atoms with Crippen molar-refractivity contribution >= 4 is 34.0 Å². The fourth-order valence-electron chi connectivity index (χ4n) is 2.62. The highest BCUT2D eigenvalue weighted by atomic mass is 35.5. The zero-order valence-corrected chi connectivity index (χ0v) is 18.2. The summed E-state index contributed by atoms with van der Waals surface area (Å²) in [5.41, 5.74) is 9.85. The van der Waals surface area contributed by atoms with Gasteiger partial charge >= 0.3 is 0 Å². The molecular weight excluding hydrogens is 398 g/mol. The zero-order valence-electron chi connectivity index (χ0n) is 16.5. The lowest BCUT2D eigenvalue weighted by molar-refractivity contribution is 0.0951. The molecule has 1 atom stereocenters. The van der Waals surface area contributed by atoms with Crippen LogP contribution in [0.25, 0.3) is 0 Å². The van der Waals surface area contributed by atoms with Crippen LogP contribution in [0.3, 0.4) is 0 Å². The van der Waals surface area contributed by atoms with Crippen molar-refractivity contribution in [2.45, 2.75) is 32.7 Å². The van der Waals surface area contributed by atoms with Gasteiger partial charge in [-0.2, -0.15) is 0 Å². The van der Waals surface area contributed by atoms with E-state index in [4.69, 9.17) is 5.73 Å². The monoisotopic (exact) mass is 425 g/mol. The number of sulfonamides is 1. The SMILES string of the molecule is Cc1ccc(C(=O)NCC(N)c2ccc(C(C)C)cc2)cc1NS(C)(=O)=O.Cl. The minimum atomic E-state index is -3.42. The van der Waals surface area contributed by atoms with Gasteiger partial charge in [0, 0.05) is 18.2 Å². The van der Waals surface area contributed by atoms with Crippen molar-refractivity contribution in [3.8, 4) is 0 Å². The molecule has 28 heavy (non-hydrogen) atoms.